The molecule has 7 nitrogen and oxygen atoms in total. The van der Waals surface area contributed by atoms with Crippen molar-refractivity contribution < 1.29 is 14.2 Å². The smallest absolute Gasteiger partial charge is 0.281 e. The third-order valence-corrected chi connectivity index (χ3v) is 3.61. The van der Waals surface area contributed by atoms with Gasteiger partial charge in [0.25, 0.3) is 5.56 Å². The number of rotatable bonds is 6. The Morgan fingerprint density at radius 1 is 1.36 bits per heavy atom. The third-order valence-electron chi connectivity index (χ3n) is 3.61. The molecular formula is C17H17FN4O3. The van der Waals surface area contributed by atoms with Crippen LogP contribution in [0.5, 0.6) is 5.88 Å². The maximum atomic E-state index is 13.6. The summed E-state index contributed by atoms with van der Waals surface area (Å²) in [7, 11) is 1.52. The summed E-state index contributed by atoms with van der Waals surface area (Å²) >= 11 is 0. The van der Waals surface area contributed by atoms with Gasteiger partial charge in [-0.15, -0.1) is 10.2 Å². The van der Waals surface area contributed by atoms with E-state index in [0.29, 0.717) is 13.0 Å². The average molecular weight is 344 g/mol. The maximum absolute atomic E-state index is 13.6. The fraction of sp³-hybridized carbons (Fsp3) is 0.294. The zero-order valence-electron chi connectivity index (χ0n) is 13.9. The number of halogens is 1. The first-order chi connectivity index (χ1) is 12.0. The number of nitrogens with zero attached hydrogens (tertiary/aromatic N) is 4. The van der Waals surface area contributed by atoms with E-state index in [4.69, 9.17) is 4.74 Å². The standard InChI is InChI=1S/C17H17FN4O3/c1-11-12(10-19)16(23)22(8-5-9-25-2)17(24)15(11)21-20-14-7-4-3-6-13(14)18/h3-4,6-7,23H,5,8-9H2,1-2H3. The number of pyridine rings is 1. The molecule has 2 rings (SSSR count). The minimum absolute atomic E-state index is 0.0289. The van der Waals surface area contributed by atoms with Gasteiger partial charge in [0.2, 0.25) is 5.88 Å². The molecule has 1 aromatic heterocycles. The first kappa shape index (κ1) is 18.3. The minimum Gasteiger partial charge on any atom is -0.493 e. The summed E-state index contributed by atoms with van der Waals surface area (Å²) in [4.78, 5) is 12.6. The fourth-order valence-electron chi connectivity index (χ4n) is 2.27. The molecule has 2 aromatic rings. The van der Waals surface area contributed by atoms with E-state index in [1.807, 2.05) is 6.07 Å². The zero-order chi connectivity index (χ0) is 18.4. The highest BCUT2D eigenvalue weighted by Crippen LogP contribution is 2.27. The Kier molecular flexibility index (Phi) is 5.98. The van der Waals surface area contributed by atoms with E-state index in [0.717, 1.165) is 4.57 Å². The van der Waals surface area contributed by atoms with Gasteiger partial charge in [0.05, 0.1) is 0 Å². The van der Waals surface area contributed by atoms with Gasteiger partial charge in [0.15, 0.2) is 11.5 Å². The monoisotopic (exact) mass is 344 g/mol. The van der Waals surface area contributed by atoms with E-state index in [1.165, 1.54) is 32.2 Å². The van der Waals surface area contributed by atoms with Crippen molar-refractivity contribution in [2.75, 3.05) is 13.7 Å². The van der Waals surface area contributed by atoms with Crippen molar-refractivity contribution >= 4 is 11.4 Å². The lowest BCUT2D eigenvalue weighted by atomic mass is 10.1. The van der Waals surface area contributed by atoms with E-state index >= 15 is 0 Å². The third kappa shape index (κ3) is 3.89. The van der Waals surface area contributed by atoms with Crippen LogP contribution in [-0.4, -0.2) is 23.4 Å². The predicted octanol–water partition coefficient (Wildman–Crippen LogP) is 3.33. The Hall–Kier alpha value is -3.05. The molecule has 0 unspecified atom stereocenters. The molecule has 0 aliphatic heterocycles. The van der Waals surface area contributed by atoms with E-state index < -0.39 is 17.3 Å². The van der Waals surface area contributed by atoms with Crippen LogP contribution in [0.2, 0.25) is 0 Å². The highest BCUT2D eigenvalue weighted by molar-refractivity contribution is 5.56. The van der Waals surface area contributed by atoms with Gasteiger partial charge in [-0.05, 0) is 25.5 Å². The van der Waals surface area contributed by atoms with Gasteiger partial charge in [0.1, 0.15) is 17.3 Å². The lowest BCUT2D eigenvalue weighted by molar-refractivity contribution is 0.188. The van der Waals surface area contributed by atoms with E-state index in [-0.39, 0.29) is 29.0 Å². The van der Waals surface area contributed by atoms with Gasteiger partial charge in [0, 0.05) is 25.8 Å². The van der Waals surface area contributed by atoms with Crippen LogP contribution in [0.4, 0.5) is 15.8 Å². The van der Waals surface area contributed by atoms with Crippen LogP contribution < -0.4 is 5.56 Å². The number of nitriles is 1. The normalized spacial score (nSPS) is 11.0. The number of aromatic nitrogens is 1. The van der Waals surface area contributed by atoms with Crippen LogP contribution in [0, 0.1) is 24.1 Å². The summed E-state index contributed by atoms with van der Waals surface area (Å²) in [5.74, 6) is -1.01. The molecule has 0 saturated carbocycles. The van der Waals surface area contributed by atoms with Crippen molar-refractivity contribution in [1.82, 2.24) is 4.57 Å². The minimum atomic E-state index is -0.606. The summed E-state index contributed by atoms with van der Waals surface area (Å²) in [6.07, 6.45) is 0.460. The van der Waals surface area contributed by atoms with Gasteiger partial charge in [-0.2, -0.15) is 5.26 Å². The first-order valence-electron chi connectivity index (χ1n) is 7.53. The van der Waals surface area contributed by atoms with E-state index in [1.54, 1.807) is 6.07 Å². The Labute approximate surface area is 143 Å². The molecule has 0 spiro atoms. The Morgan fingerprint density at radius 2 is 2.08 bits per heavy atom. The summed E-state index contributed by atoms with van der Waals surface area (Å²) in [6.45, 7) is 2.01. The van der Waals surface area contributed by atoms with Crippen LogP contribution in [0.3, 0.4) is 0 Å². The Morgan fingerprint density at radius 3 is 2.72 bits per heavy atom. The molecule has 1 aromatic carbocycles. The van der Waals surface area contributed by atoms with Crippen LogP contribution in [0.25, 0.3) is 0 Å². The van der Waals surface area contributed by atoms with Crippen molar-refractivity contribution in [1.29, 1.82) is 5.26 Å². The molecular weight excluding hydrogens is 327 g/mol. The molecule has 0 fully saturated rings. The summed E-state index contributed by atoms with van der Waals surface area (Å²) in [5, 5.41) is 27.0. The van der Waals surface area contributed by atoms with Crippen molar-refractivity contribution in [3.8, 4) is 11.9 Å². The topological polar surface area (TPSA) is 100.0 Å². The van der Waals surface area contributed by atoms with Gasteiger partial charge >= 0.3 is 0 Å². The number of hydrogen-bond donors (Lipinski definition) is 1. The van der Waals surface area contributed by atoms with Gasteiger partial charge < -0.3 is 9.84 Å². The van der Waals surface area contributed by atoms with Gasteiger partial charge in [-0.3, -0.25) is 9.36 Å². The number of benzene rings is 1. The Balaban J connectivity index is 2.54. The molecule has 1 heterocycles. The number of ether oxygens (including phenoxy) is 1. The molecule has 1 N–H and O–H groups in total. The molecule has 0 bridgehead atoms. The fourth-order valence-corrected chi connectivity index (χ4v) is 2.27. The molecule has 0 amide bonds. The molecule has 0 saturated heterocycles. The molecule has 25 heavy (non-hydrogen) atoms. The molecule has 130 valence electrons. The van der Waals surface area contributed by atoms with Crippen LogP contribution >= 0.6 is 0 Å². The SMILES string of the molecule is COCCCn1c(O)c(C#N)c(C)c(N=Nc2ccccc2F)c1=O. The largest absolute Gasteiger partial charge is 0.493 e. The molecule has 0 atom stereocenters. The average Bonchev–Trinajstić information content (AvgIpc) is 2.59. The number of azo groups is 1. The number of hydrogen-bond acceptors (Lipinski definition) is 6. The second-order valence-corrected chi connectivity index (χ2v) is 5.24. The lowest BCUT2D eigenvalue weighted by Gasteiger charge is -2.12. The lowest BCUT2D eigenvalue weighted by Crippen LogP contribution is -2.22. The molecule has 0 aliphatic rings. The predicted molar refractivity (Wildman–Crippen MR) is 88.9 cm³/mol. The van der Waals surface area contributed by atoms with Gasteiger partial charge in [-0.1, -0.05) is 12.1 Å². The van der Waals surface area contributed by atoms with Crippen molar-refractivity contribution in [2.24, 2.45) is 10.2 Å². The first-order valence-corrected chi connectivity index (χ1v) is 7.53. The highest BCUT2D eigenvalue weighted by Gasteiger charge is 2.19. The van der Waals surface area contributed by atoms with Crippen molar-refractivity contribution in [2.45, 2.75) is 19.9 Å². The van der Waals surface area contributed by atoms with Crippen LogP contribution in [-0.2, 0) is 11.3 Å². The molecule has 0 aliphatic carbocycles. The zero-order valence-corrected chi connectivity index (χ0v) is 13.9. The van der Waals surface area contributed by atoms with Crippen molar-refractivity contribution in [3.05, 3.63) is 51.6 Å². The van der Waals surface area contributed by atoms with E-state index in [9.17, 15) is 19.6 Å². The summed E-state index contributed by atoms with van der Waals surface area (Å²) < 4.78 is 19.6. The second-order valence-electron chi connectivity index (χ2n) is 5.24. The number of aromatic hydroxyl groups is 1. The summed E-state index contributed by atoms with van der Waals surface area (Å²) in [6, 6.07) is 7.59. The number of methoxy groups -OCH3 is 1. The van der Waals surface area contributed by atoms with Crippen molar-refractivity contribution in [3.63, 3.8) is 0 Å². The molecule has 8 heteroatoms. The maximum Gasteiger partial charge on any atom is 0.281 e. The quantitative estimate of drug-likeness (QED) is 0.641. The highest BCUT2D eigenvalue weighted by atomic mass is 19.1. The van der Waals surface area contributed by atoms with Gasteiger partial charge in [-0.25, -0.2) is 4.39 Å². The van der Waals surface area contributed by atoms with E-state index in [2.05, 4.69) is 10.2 Å². The second kappa shape index (κ2) is 8.17. The summed E-state index contributed by atoms with van der Waals surface area (Å²) in [5.41, 5.74) is -0.633. The molecule has 0 radical (unpaired) electrons. The van der Waals surface area contributed by atoms with Crippen LogP contribution in [0.1, 0.15) is 17.5 Å². The Bertz CT molecular complexity index is 900. The van der Waals surface area contributed by atoms with Crippen LogP contribution in [0.15, 0.2) is 39.3 Å².